The highest BCUT2D eigenvalue weighted by Crippen LogP contribution is 2.34. The molecule has 0 bridgehead atoms. The van der Waals surface area contributed by atoms with Crippen LogP contribution in [0.2, 0.25) is 5.02 Å². The first-order valence-electron chi connectivity index (χ1n) is 9.15. The molecule has 0 aromatic heterocycles. The van der Waals surface area contributed by atoms with Gasteiger partial charge in [0.15, 0.2) is 0 Å². The van der Waals surface area contributed by atoms with Crippen molar-refractivity contribution in [2.45, 2.75) is 30.3 Å². The third-order valence-corrected chi connectivity index (χ3v) is 7.50. The maximum atomic E-state index is 13.2. The minimum atomic E-state index is -3.95. The van der Waals surface area contributed by atoms with Crippen molar-refractivity contribution < 1.29 is 22.4 Å². The number of hydrogen-bond acceptors (Lipinski definition) is 4. The molecule has 1 saturated heterocycles. The molecule has 4 rings (SSSR count). The monoisotopic (exact) mass is 436 g/mol. The molecule has 0 N–H and O–H groups in total. The van der Waals surface area contributed by atoms with Crippen molar-refractivity contribution in [3.8, 4) is 0 Å². The summed E-state index contributed by atoms with van der Waals surface area (Å²) in [7, 11) is -3.95. The van der Waals surface area contributed by atoms with Crippen molar-refractivity contribution in [1.82, 2.24) is 4.31 Å². The zero-order valence-corrected chi connectivity index (χ0v) is 16.9. The van der Waals surface area contributed by atoms with E-state index < -0.39 is 34.4 Å². The van der Waals surface area contributed by atoms with Gasteiger partial charge in [0.2, 0.25) is 10.0 Å². The van der Waals surface area contributed by atoms with E-state index in [9.17, 15) is 22.4 Å². The van der Waals surface area contributed by atoms with Gasteiger partial charge in [-0.2, -0.15) is 4.31 Å². The molecule has 152 valence electrons. The predicted octanol–water partition coefficient (Wildman–Crippen LogP) is 3.19. The van der Waals surface area contributed by atoms with Gasteiger partial charge in [-0.1, -0.05) is 23.7 Å². The zero-order chi connectivity index (χ0) is 20.8. The SMILES string of the molecule is O=C1C(=O)N(Cc2ccc(Cl)cc2)c2ccc(S(=O)(=O)N3CCC[C@H]3CF)cc21. The first kappa shape index (κ1) is 20.0. The van der Waals surface area contributed by atoms with Crippen LogP contribution in [0, 0.1) is 0 Å². The molecule has 29 heavy (non-hydrogen) atoms. The van der Waals surface area contributed by atoms with E-state index in [1.54, 1.807) is 24.3 Å². The third-order valence-electron chi connectivity index (χ3n) is 5.30. The third kappa shape index (κ3) is 3.45. The van der Waals surface area contributed by atoms with E-state index in [1.165, 1.54) is 23.1 Å². The summed E-state index contributed by atoms with van der Waals surface area (Å²) >= 11 is 5.88. The molecule has 2 aromatic rings. The van der Waals surface area contributed by atoms with Crippen LogP contribution in [0.3, 0.4) is 0 Å². The first-order valence-corrected chi connectivity index (χ1v) is 11.0. The van der Waals surface area contributed by atoms with E-state index in [1.807, 2.05) is 0 Å². The maximum absolute atomic E-state index is 13.2. The normalized spacial score (nSPS) is 19.8. The number of carbonyl (C=O) groups excluding carboxylic acids is 2. The molecule has 0 saturated carbocycles. The number of fused-ring (bicyclic) bond motifs is 1. The Labute approximate surface area is 172 Å². The zero-order valence-electron chi connectivity index (χ0n) is 15.3. The van der Waals surface area contributed by atoms with Crippen LogP contribution in [0.4, 0.5) is 10.1 Å². The van der Waals surface area contributed by atoms with Crippen LogP contribution in [0.5, 0.6) is 0 Å². The largest absolute Gasteiger partial charge is 0.300 e. The second kappa shape index (κ2) is 7.51. The molecular formula is C20H18ClFN2O4S. The Morgan fingerprint density at radius 3 is 2.52 bits per heavy atom. The summed E-state index contributed by atoms with van der Waals surface area (Å²) in [4.78, 5) is 26.2. The molecule has 2 heterocycles. The number of benzene rings is 2. The van der Waals surface area contributed by atoms with Crippen LogP contribution >= 0.6 is 11.6 Å². The Kier molecular flexibility index (Phi) is 5.18. The van der Waals surface area contributed by atoms with E-state index in [4.69, 9.17) is 11.6 Å². The number of carbonyl (C=O) groups is 2. The molecule has 0 aliphatic carbocycles. The fourth-order valence-electron chi connectivity index (χ4n) is 3.78. The number of Topliss-reactive ketones (excluding diaryl/α,β-unsaturated/α-hetero) is 1. The molecule has 0 radical (unpaired) electrons. The summed E-state index contributed by atoms with van der Waals surface area (Å²) in [5, 5.41) is 0.557. The summed E-state index contributed by atoms with van der Waals surface area (Å²) in [6.45, 7) is -0.350. The standard InChI is InChI=1S/C20H18ClFN2O4S/c21-14-5-3-13(4-6-14)12-23-18-8-7-16(10-17(18)19(25)20(23)26)29(27,28)24-9-1-2-15(24)11-22/h3-8,10,15H,1-2,9,11-12H2/t15-/m0/s1. The molecule has 2 aromatic carbocycles. The average Bonchev–Trinajstić information content (AvgIpc) is 3.29. The number of ketones is 1. The minimum Gasteiger partial charge on any atom is -0.300 e. The van der Waals surface area contributed by atoms with Crippen molar-refractivity contribution >= 4 is 39.0 Å². The number of amides is 1. The summed E-state index contributed by atoms with van der Waals surface area (Å²) < 4.78 is 40.2. The van der Waals surface area contributed by atoms with Crippen LogP contribution in [0.15, 0.2) is 47.4 Å². The molecule has 1 atom stereocenters. The average molecular weight is 437 g/mol. The molecule has 2 aliphatic rings. The van der Waals surface area contributed by atoms with Crippen molar-refractivity contribution in [3.05, 3.63) is 58.6 Å². The lowest BCUT2D eigenvalue weighted by atomic mass is 10.1. The Morgan fingerprint density at radius 1 is 1.10 bits per heavy atom. The van der Waals surface area contributed by atoms with Gasteiger partial charge in [-0.25, -0.2) is 12.8 Å². The van der Waals surface area contributed by atoms with Crippen LogP contribution in [-0.2, 0) is 21.4 Å². The summed E-state index contributed by atoms with van der Waals surface area (Å²) in [6.07, 6.45) is 1.05. The number of nitrogens with zero attached hydrogens (tertiary/aromatic N) is 2. The predicted molar refractivity (Wildman–Crippen MR) is 106 cm³/mol. The summed E-state index contributed by atoms with van der Waals surface area (Å²) in [5.41, 5.74) is 1.18. The molecule has 1 amide bonds. The Hall–Kier alpha value is -2.29. The number of sulfonamides is 1. The lowest BCUT2D eigenvalue weighted by molar-refractivity contribution is -0.114. The van der Waals surface area contributed by atoms with Gasteiger partial charge in [-0.05, 0) is 48.7 Å². The van der Waals surface area contributed by atoms with Crippen molar-refractivity contribution in [1.29, 1.82) is 0 Å². The van der Waals surface area contributed by atoms with Gasteiger partial charge in [0.1, 0.15) is 6.67 Å². The highest BCUT2D eigenvalue weighted by molar-refractivity contribution is 7.89. The van der Waals surface area contributed by atoms with Crippen LogP contribution in [0.1, 0.15) is 28.8 Å². The number of anilines is 1. The van der Waals surface area contributed by atoms with E-state index in [-0.39, 0.29) is 23.5 Å². The van der Waals surface area contributed by atoms with Gasteiger partial charge < -0.3 is 4.90 Å². The lowest BCUT2D eigenvalue weighted by Gasteiger charge is -2.22. The van der Waals surface area contributed by atoms with E-state index in [0.29, 0.717) is 23.6 Å². The molecule has 1 fully saturated rings. The van der Waals surface area contributed by atoms with Gasteiger partial charge in [-0.15, -0.1) is 0 Å². The van der Waals surface area contributed by atoms with E-state index in [2.05, 4.69) is 0 Å². The molecule has 6 nitrogen and oxygen atoms in total. The Morgan fingerprint density at radius 2 is 1.83 bits per heavy atom. The van der Waals surface area contributed by atoms with E-state index >= 15 is 0 Å². The highest BCUT2D eigenvalue weighted by Gasteiger charge is 2.39. The quantitative estimate of drug-likeness (QED) is 0.674. The Bertz CT molecular complexity index is 1090. The van der Waals surface area contributed by atoms with Gasteiger partial charge in [0, 0.05) is 11.6 Å². The minimum absolute atomic E-state index is 0.0426. The molecule has 2 aliphatic heterocycles. The topological polar surface area (TPSA) is 74.8 Å². The fourth-order valence-corrected chi connectivity index (χ4v) is 5.61. The summed E-state index contributed by atoms with van der Waals surface area (Å²) in [5.74, 6) is -1.47. The maximum Gasteiger partial charge on any atom is 0.299 e. The Balaban J connectivity index is 1.67. The first-order chi connectivity index (χ1) is 13.8. The van der Waals surface area contributed by atoms with E-state index in [0.717, 1.165) is 9.87 Å². The van der Waals surface area contributed by atoms with Gasteiger partial charge >= 0.3 is 0 Å². The van der Waals surface area contributed by atoms with Crippen molar-refractivity contribution in [3.63, 3.8) is 0 Å². The molecule has 0 spiro atoms. The van der Waals surface area contributed by atoms with Gasteiger partial charge in [-0.3, -0.25) is 9.59 Å². The lowest BCUT2D eigenvalue weighted by Crippen LogP contribution is -2.36. The van der Waals surface area contributed by atoms with Gasteiger partial charge in [0.05, 0.1) is 28.7 Å². The highest BCUT2D eigenvalue weighted by atomic mass is 35.5. The number of hydrogen-bond donors (Lipinski definition) is 0. The second-order valence-electron chi connectivity index (χ2n) is 7.09. The second-order valence-corrected chi connectivity index (χ2v) is 9.42. The number of rotatable bonds is 5. The number of alkyl halides is 1. The smallest absolute Gasteiger partial charge is 0.299 e. The van der Waals surface area contributed by atoms with Gasteiger partial charge in [0.25, 0.3) is 11.7 Å². The van der Waals surface area contributed by atoms with Crippen LogP contribution < -0.4 is 4.90 Å². The fraction of sp³-hybridized carbons (Fsp3) is 0.300. The van der Waals surface area contributed by atoms with Crippen molar-refractivity contribution in [2.24, 2.45) is 0 Å². The summed E-state index contributed by atoms with van der Waals surface area (Å²) in [6, 6.07) is 10.2. The molecule has 9 heteroatoms. The number of halogens is 2. The van der Waals surface area contributed by atoms with Crippen LogP contribution in [-0.4, -0.2) is 43.7 Å². The molecular weight excluding hydrogens is 419 g/mol. The van der Waals surface area contributed by atoms with Crippen molar-refractivity contribution in [2.75, 3.05) is 18.1 Å². The molecule has 0 unspecified atom stereocenters. The van der Waals surface area contributed by atoms with Crippen LogP contribution in [0.25, 0.3) is 0 Å².